The van der Waals surface area contributed by atoms with Crippen molar-refractivity contribution in [2.75, 3.05) is 25.6 Å². The van der Waals surface area contributed by atoms with Gasteiger partial charge in [-0.25, -0.2) is 4.98 Å². The minimum Gasteiger partial charge on any atom is -0.383 e. The molecule has 3 N–H and O–H groups in total. The average Bonchev–Trinajstić information content (AvgIpc) is 2.67. The molecule has 0 amide bonds. The molecule has 1 aromatic heterocycles. The smallest absolute Gasteiger partial charge is 0.202 e. The Morgan fingerprint density at radius 3 is 3.00 bits per heavy atom. The highest BCUT2D eigenvalue weighted by Gasteiger charge is 2.10. The van der Waals surface area contributed by atoms with Crippen LogP contribution < -0.4 is 11.1 Å². The molecule has 0 spiro atoms. The Kier molecular flexibility index (Phi) is 6.29. The predicted octanol–water partition coefficient (Wildman–Crippen LogP) is 1.27. The van der Waals surface area contributed by atoms with Gasteiger partial charge in [-0.3, -0.25) is 0 Å². The van der Waals surface area contributed by atoms with Crippen LogP contribution in [0.1, 0.15) is 25.6 Å². The Morgan fingerprint density at radius 2 is 2.38 bits per heavy atom. The van der Waals surface area contributed by atoms with Crippen molar-refractivity contribution in [3.8, 4) is 0 Å². The predicted molar refractivity (Wildman–Crippen MR) is 66.9 cm³/mol. The van der Waals surface area contributed by atoms with Crippen molar-refractivity contribution in [1.29, 1.82) is 0 Å². The zero-order valence-electron chi connectivity index (χ0n) is 9.90. The van der Waals surface area contributed by atoms with Gasteiger partial charge in [-0.1, -0.05) is 6.92 Å². The number of ether oxygens (including phenoxy) is 1. The Balaban J connectivity index is 2.48. The Hall–Kier alpha value is -0.720. The van der Waals surface area contributed by atoms with Crippen LogP contribution in [0.2, 0.25) is 0 Å². The lowest BCUT2D eigenvalue weighted by Gasteiger charge is -2.15. The molecule has 92 valence electrons. The standard InChI is InChI=1S/C10H20N4OS/c1-3-4-9-13-10(16-14-9)12-8(5-6-11)7-15-2/h8H,3-7,11H2,1-2H3,(H,12,13,14). The van der Waals surface area contributed by atoms with Crippen molar-refractivity contribution >= 4 is 16.7 Å². The second-order valence-electron chi connectivity index (χ2n) is 3.64. The number of hydrogen-bond donors (Lipinski definition) is 2. The second-order valence-corrected chi connectivity index (χ2v) is 4.39. The highest BCUT2D eigenvalue weighted by atomic mass is 32.1. The maximum Gasteiger partial charge on any atom is 0.202 e. The Morgan fingerprint density at radius 1 is 1.56 bits per heavy atom. The van der Waals surface area contributed by atoms with Crippen LogP contribution in [0, 0.1) is 0 Å². The van der Waals surface area contributed by atoms with E-state index in [9.17, 15) is 0 Å². The van der Waals surface area contributed by atoms with Crippen LogP contribution in [0.15, 0.2) is 0 Å². The first-order valence-corrected chi connectivity index (χ1v) is 6.35. The first kappa shape index (κ1) is 13.3. The fourth-order valence-electron chi connectivity index (χ4n) is 1.41. The number of anilines is 1. The van der Waals surface area contributed by atoms with E-state index in [1.54, 1.807) is 7.11 Å². The monoisotopic (exact) mass is 244 g/mol. The van der Waals surface area contributed by atoms with E-state index in [1.165, 1.54) is 11.5 Å². The second kappa shape index (κ2) is 7.54. The number of methoxy groups -OCH3 is 1. The summed E-state index contributed by atoms with van der Waals surface area (Å²) in [5, 5.41) is 4.16. The lowest BCUT2D eigenvalue weighted by atomic mass is 10.2. The fourth-order valence-corrected chi connectivity index (χ4v) is 2.10. The van der Waals surface area contributed by atoms with E-state index in [1.807, 2.05) is 0 Å². The lowest BCUT2D eigenvalue weighted by Crippen LogP contribution is -2.27. The third-order valence-corrected chi connectivity index (χ3v) is 2.84. The van der Waals surface area contributed by atoms with Gasteiger partial charge in [0, 0.05) is 25.1 Å². The van der Waals surface area contributed by atoms with E-state index >= 15 is 0 Å². The quantitative estimate of drug-likeness (QED) is 0.720. The lowest BCUT2D eigenvalue weighted by molar-refractivity contribution is 0.183. The molecule has 1 aromatic rings. The number of aromatic nitrogens is 2. The maximum absolute atomic E-state index is 5.54. The van der Waals surface area contributed by atoms with Crippen LogP contribution in [-0.4, -0.2) is 35.7 Å². The normalized spacial score (nSPS) is 12.7. The van der Waals surface area contributed by atoms with Gasteiger partial charge in [0.25, 0.3) is 0 Å². The largest absolute Gasteiger partial charge is 0.383 e. The summed E-state index contributed by atoms with van der Waals surface area (Å²) < 4.78 is 9.40. The van der Waals surface area contributed by atoms with E-state index in [-0.39, 0.29) is 6.04 Å². The zero-order chi connectivity index (χ0) is 11.8. The summed E-state index contributed by atoms with van der Waals surface area (Å²) in [6.45, 7) is 3.40. The molecule has 16 heavy (non-hydrogen) atoms. The van der Waals surface area contributed by atoms with Crippen molar-refractivity contribution in [2.45, 2.75) is 32.2 Å². The zero-order valence-corrected chi connectivity index (χ0v) is 10.7. The van der Waals surface area contributed by atoms with Crippen LogP contribution >= 0.6 is 11.5 Å². The van der Waals surface area contributed by atoms with Gasteiger partial charge in [-0.2, -0.15) is 4.37 Å². The summed E-state index contributed by atoms with van der Waals surface area (Å²) in [6.07, 6.45) is 2.88. The van der Waals surface area contributed by atoms with E-state index in [2.05, 4.69) is 21.6 Å². The van der Waals surface area contributed by atoms with Gasteiger partial charge in [0.2, 0.25) is 5.13 Å². The van der Waals surface area contributed by atoms with Crippen LogP contribution in [0.4, 0.5) is 5.13 Å². The van der Waals surface area contributed by atoms with Crippen LogP contribution in [0.5, 0.6) is 0 Å². The molecular weight excluding hydrogens is 224 g/mol. The Bertz CT molecular complexity index is 286. The van der Waals surface area contributed by atoms with Crippen molar-refractivity contribution in [3.63, 3.8) is 0 Å². The number of nitrogens with zero attached hydrogens (tertiary/aromatic N) is 2. The summed E-state index contributed by atoms with van der Waals surface area (Å²) in [7, 11) is 1.69. The summed E-state index contributed by atoms with van der Waals surface area (Å²) in [4.78, 5) is 4.40. The maximum atomic E-state index is 5.54. The first-order chi connectivity index (χ1) is 7.80. The molecule has 1 unspecified atom stereocenters. The molecule has 6 heteroatoms. The number of aryl methyl sites for hydroxylation is 1. The molecule has 0 aromatic carbocycles. The fraction of sp³-hybridized carbons (Fsp3) is 0.800. The summed E-state index contributed by atoms with van der Waals surface area (Å²) in [5.74, 6) is 0.916. The molecule has 5 nitrogen and oxygen atoms in total. The minimum atomic E-state index is 0.220. The van der Waals surface area contributed by atoms with Crippen molar-refractivity contribution < 1.29 is 4.74 Å². The number of nitrogens with one attached hydrogen (secondary N) is 1. The van der Waals surface area contributed by atoms with Crippen molar-refractivity contribution in [2.24, 2.45) is 5.73 Å². The molecule has 1 heterocycles. The topological polar surface area (TPSA) is 73.1 Å². The number of hydrogen-bond acceptors (Lipinski definition) is 6. The first-order valence-electron chi connectivity index (χ1n) is 5.58. The van der Waals surface area contributed by atoms with Crippen LogP contribution in [0.25, 0.3) is 0 Å². The van der Waals surface area contributed by atoms with Gasteiger partial charge >= 0.3 is 0 Å². The number of nitrogens with two attached hydrogens (primary N) is 1. The van der Waals surface area contributed by atoms with Gasteiger partial charge in [0.05, 0.1) is 12.6 Å². The number of rotatable bonds is 8. The third kappa shape index (κ3) is 4.42. The van der Waals surface area contributed by atoms with E-state index in [4.69, 9.17) is 10.5 Å². The Labute approximate surface area is 101 Å². The van der Waals surface area contributed by atoms with E-state index in [0.29, 0.717) is 13.2 Å². The summed E-state index contributed by atoms with van der Waals surface area (Å²) in [5.41, 5.74) is 5.54. The summed E-state index contributed by atoms with van der Waals surface area (Å²) >= 11 is 1.40. The van der Waals surface area contributed by atoms with Crippen LogP contribution in [0.3, 0.4) is 0 Å². The molecule has 0 aliphatic rings. The highest BCUT2D eigenvalue weighted by Crippen LogP contribution is 2.14. The molecular formula is C10H20N4OS. The summed E-state index contributed by atoms with van der Waals surface area (Å²) in [6, 6.07) is 0.220. The van der Waals surface area contributed by atoms with Gasteiger partial charge in [-0.15, -0.1) is 0 Å². The van der Waals surface area contributed by atoms with Gasteiger partial charge < -0.3 is 15.8 Å². The molecule has 0 fully saturated rings. The third-order valence-electron chi connectivity index (χ3n) is 2.15. The van der Waals surface area contributed by atoms with Crippen molar-refractivity contribution in [3.05, 3.63) is 5.82 Å². The van der Waals surface area contributed by atoms with E-state index in [0.717, 1.165) is 30.2 Å². The molecule has 0 radical (unpaired) electrons. The molecule has 0 aliphatic heterocycles. The molecule has 0 aliphatic carbocycles. The van der Waals surface area contributed by atoms with E-state index < -0.39 is 0 Å². The molecule has 0 bridgehead atoms. The molecule has 1 atom stereocenters. The average molecular weight is 244 g/mol. The molecule has 0 saturated heterocycles. The van der Waals surface area contributed by atoms with Gasteiger partial charge in [0.15, 0.2) is 0 Å². The SMILES string of the molecule is CCCc1nsc(NC(CCN)COC)n1. The van der Waals surface area contributed by atoms with Crippen LogP contribution in [-0.2, 0) is 11.2 Å². The van der Waals surface area contributed by atoms with Crippen molar-refractivity contribution in [1.82, 2.24) is 9.36 Å². The minimum absolute atomic E-state index is 0.220. The van der Waals surface area contributed by atoms with Gasteiger partial charge in [-0.05, 0) is 19.4 Å². The highest BCUT2D eigenvalue weighted by molar-refractivity contribution is 7.09. The molecule has 0 saturated carbocycles. The molecule has 1 rings (SSSR count). The van der Waals surface area contributed by atoms with Gasteiger partial charge in [0.1, 0.15) is 5.82 Å².